The van der Waals surface area contributed by atoms with Crippen molar-refractivity contribution in [3.63, 3.8) is 0 Å². The standard InChI is InChI=1S/8C6H13NO.4CH2BNO2/c8*1-8-6-7-4-2-3-5-7;4*3-1-2(4)5/h8*2-6H2,1H3;4*4-5H. The van der Waals surface area contributed by atoms with Gasteiger partial charge in [-0.1, -0.05) is 0 Å². The normalized spacial score (nSPS) is 18.2. The summed E-state index contributed by atoms with van der Waals surface area (Å²) in [6.07, 6.45) is 21.6. The molecule has 0 aromatic rings. The summed E-state index contributed by atoms with van der Waals surface area (Å²) in [4.78, 5) is 18.6. The summed E-state index contributed by atoms with van der Waals surface area (Å²) in [5, 5.41) is 90.0. The Morgan fingerprint density at radius 3 is 0.345 bits per heavy atom. The molecule has 0 aliphatic carbocycles. The maximum Gasteiger partial charge on any atom is 0.573 e. The van der Waals surface area contributed by atoms with Gasteiger partial charge in [-0.05, 0) is 103 Å². The molecule has 8 aliphatic heterocycles. The SMILES string of the molecule is COCN1CCCC1.COCN1CCCC1.COCN1CCCC1.COCN1CCCC1.COCN1CCCC1.COCN1CCCC1.COCN1CCCC1.COCN1CCCC1.N#CB(O)O.N#CB(O)O.N#CB(O)O.N#CB(O)O. The predicted molar refractivity (Wildman–Crippen MR) is 325 cm³/mol. The van der Waals surface area contributed by atoms with Crippen LogP contribution < -0.4 is 0 Å². The lowest BCUT2D eigenvalue weighted by Gasteiger charge is -2.11. The van der Waals surface area contributed by atoms with Gasteiger partial charge >= 0.3 is 28.5 Å². The van der Waals surface area contributed by atoms with E-state index in [4.69, 9.17) is 99.1 Å². The molecule has 0 aromatic carbocycles. The van der Waals surface area contributed by atoms with Crippen molar-refractivity contribution in [3.8, 4) is 23.9 Å². The van der Waals surface area contributed by atoms with E-state index in [9.17, 15) is 0 Å². The van der Waals surface area contributed by atoms with Crippen LogP contribution in [0.25, 0.3) is 0 Å². The molecule has 8 rings (SSSR count). The molecular formula is C52H112B4N12O16. The Kier molecular flexibility index (Phi) is 72.4. The van der Waals surface area contributed by atoms with Gasteiger partial charge in [-0.25, -0.2) is 21.0 Å². The number of likely N-dealkylation sites (tertiary alicyclic amines) is 8. The quantitative estimate of drug-likeness (QED) is 0.0910. The van der Waals surface area contributed by atoms with E-state index in [0.29, 0.717) is 0 Å². The molecular weight excluding hydrogens is 1090 g/mol. The van der Waals surface area contributed by atoms with Gasteiger partial charge < -0.3 is 78.1 Å². The van der Waals surface area contributed by atoms with Crippen LogP contribution in [0.2, 0.25) is 0 Å². The van der Waals surface area contributed by atoms with Gasteiger partial charge in [0.2, 0.25) is 0 Å². The molecule has 0 saturated carbocycles. The summed E-state index contributed by atoms with van der Waals surface area (Å²) in [5.74, 6) is 4.56. The van der Waals surface area contributed by atoms with Gasteiger partial charge in [-0.15, -0.1) is 0 Å². The zero-order valence-electron chi connectivity index (χ0n) is 52.8. The van der Waals surface area contributed by atoms with Crippen molar-refractivity contribution in [2.45, 2.75) is 103 Å². The first-order valence-corrected chi connectivity index (χ1v) is 29.3. The number of nitrogens with zero attached hydrogens (tertiary/aromatic N) is 12. The average Bonchev–Trinajstić information content (AvgIpc) is 4.32. The van der Waals surface area contributed by atoms with E-state index in [1.807, 2.05) is 0 Å². The van der Waals surface area contributed by atoms with Crippen LogP contribution in [0.5, 0.6) is 0 Å². The topological polar surface area (TPSA) is 357 Å². The van der Waals surface area contributed by atoms with E-state index in [0.717, 1.165) is 77.7 Å². The summed E-state index contributed by atoms with van der Waals surface area (Å²) in [5.41, 5.74) is 0. The minimum atomic E-state index is -1.81. The van der Waals surface area contributed by atoms with E-state index in [1.54, 1.807) is 56.9 Å². The van der Waals surface area contributed by atoms with Crippen LogP contribution in [0.15, 0.2) is 0 Å². The fourth-order valence-corrected chi connectivity index (χ4v) is 8.75. The molecule has 0 atom stereocenters. The Morgan fingerprint density at radius 1 is 0.226 bits per heavy atom. The minimum absolute atomic E-state index is 0.819. The molecule has 0 amide bonds. The van der Waals surface area contributed by atoms with E-state index in [-0.39, 0.29) is 0 Å². The molecule has 8 heterocycles. The van der Waals surface area contributed by atoms with Gasteiger partial charge in [0.25, 0.3) is 0 Å². The molecule has 0 spiro atoms. The molecule has 0 radical (unpaired) electrons. The zero-order chi connectivity index (χ0) is 63.7. The monoisotopic (exact) mass is 1200 g/mol. The highest BCUT2D eigenvalue weighted by molar-refractivity contribution is 6.51. The molecule has 0 unspecified atom stereocenters. The lowest BCUT2D eigenvalue weighted by Crippen LogP contribution is -2.21. The number of ether oxygens (including phenoxy) is 8. The van der Waals surface area contributed by atoms with E-state index < -0.39 is 28.5 Å². The number of hydrogen-bond donors (Lipinski definition) is 8. The summed E-state index contributed by atoms with van der Waals surface area (Å²) < 4.78 is 39.6. The predicted octanol–water partition coefficient (Wildman–Crippen LogP) is -0.423. The molecule has 0 bridgehead atoms. The first kappa shape index (κ1) is 87.7. The number of hydrogen-bond acceptors (Lipinski definition) is 28. The molecule has 0 aromatic heterocycles. The van der Waals surface area contributed by atoms with Gasteiger partial charge in [-0.2, -0.15) is 0 Å². The third-order valence-corrected chi connectivity index (χ3v) is 12.5. The molecule has 8 N–H and O–H groups in total. The van der Waals surface area contributed by atoms with Crippen LogP contribution in [0.1, 0.15) is 103 Å². The van der Waals surface area contributed by atoms with Crippen molar-refractivity contribution in [1.29, 1.82) is 21.0 Å². The van der Waals surface area contributed by atoms with Crippen LogP contribution in [0, 0.1) is 44.9 Å². The van der Waals surface area contributed by atoms with Gasteiger partial charge in [0.1, 0.15) is 0 Å². The fourth-order valence-electron chi connectivity index (χ4n) is 8.75. The van der Waals surface area contributed by atoms with E-state index in [1.165, 1.54) is 207 Å². The van der Waals surface area contributed by atoms with Crippen molar-refractivity contribution in [2.75, 3.05) is 215 Å². The van der Waals surface area contributed by atoms with E-state index >= 15 is 0 Å². The van der Waals surface area contributed by atoms with Gasteiger partial charge in [0, 0.05) is 162 Å². The smallest absolute Gasteiger partial charge is 0.415 e. The lowest BCUT2D eigenvalue weighted by molar-refractivity contribution is 0.0807. The second-order valence-corrected chi connectivity index (χ2v) is 20.0. The number of rotatable bonds is 16. The second-order valence-electron chi connectivity index (χ2n) is 20.0. The largest absolute Gasteiger partial charge is 0.573 e. The summed E-state index contributed by atoms with van der Waals surface area (Å²) in [7, 11) is 6.75. The van der Waals surface area contributed by atoms with Crippen molar-refractivity contribution >= 4 is 28.5 Å². The molecule has 8 aliphatic rings. The van der Waals surface area contributed by atoms with Crippen LogP contribution in [0.3, 0.4) is 0 Å². The molecule has 32 heteroatoms. The highest BCUT2D eigenvalue weighted by Crippen LogP contribution is 2.10. The van der Waals surface area contributed by atoms with Crippen molar-refractivity contribution < 1.29 is 78.1 Å². The van der Waals surface area contributed by atoms with Crippen LogP contribution >= 0.6 is 0 Å². The zero-order valence-corrected chi connectivity index (χ0v) is 52.8. The molecule has 8 saturated heterocycles. The fraction of sp³-hybridized carbons (Fsp3) is 0.923. The number of nitriles is 4. The van der Waals surface area contributed by atoms with Crippen LogP contribution in [-0.4, -0.2) is 323 Å². The minimum Gasteiger partial charge on any atom is -0.415 e. The van der Waals surface area contributed by atoms with Gasteiger partial charge in [0.15, 0.2) is 0 Å². The average molecular weight is 1200 g/mol. The van der Waals surface area contributed by atoms with Crippen LogP contribution in [-0.2, 0) is 37.9 Å². The van der Waals surface area contributed by atoms with Gasteiger partial charge in [0.05, 0.1) is 77.7 Å². The van der Waals surface area contributed by atoms with Crippen molar-refractivity contribution in [2.24, 2.45) is 0 Å². The summed E-state index contributed by atoms with van der Waals surface area (Å²) in [6, 6.07) is 0. The third kappa shape index (κ3) is 66.8. The lowest BCUT2D eigenvalue weighted by atomic mass is 9.97. The Hall–Kier alpha value is -2.74. The first-order chi connectivity index (χ1) is 40.5. The molecule has 84 heavy (non-hydrogen) atoms. The third-order valence-electron chi connectivity index (χ3n) is 12.5. The molecule has 28 nitrogen and oxygen atoms in total. The summed E-state index contributed by atoms with van der Waals surface area (Å²) in [6.45, 7) is 26.2. The highest BCUT2D eigenvalue weighted by Gasteiger charge is 2.14. The molecule has 488 valence electrons. The second kappa shape index (κ2) is 69.4. The van der Waals surface area contributed by atoms with Crippen molar-refractivity contribution in [1.82, 2.24) is 39.2 Å². The highest BCUT2D eigenvalue weighted by atomic mass is 16.5. The Bertz CT molecular complexity index is 1200. The maximum atomic E-state index is 7.56. The van der Waals surface area contributed by atoms with E-state index in [2.05, 4.69) is 39.2 Å². The van der Waals surface area contributed by atoms with Gasteiger partial charge in [-0.3, -0.25) is 39.2 Å². The number of methoxy groups -OCH3 is 8. The Balaban J connectivity index is -0.000000418. The van der Waals surface area contributed by atoms with Crippen molar-refractivity contribution in [3.05, 3.63) is 0 Å². The summed E-state index contributed by atoms with van der Waals surface area (Å²) >= 11 is 0. The Morgan fingerprint density at radius 2 is 0.298 bits per heavy atom. The van der Waals surface area contributed by atoms with Crippen LogP contribution in [0.4, 0.5) is 0 Å². The maximum absolute atomic E-state index is 7.56. The Labute approximate surface area is 507 Å². The first-order valence-electron chi connectivity index (χ1n) is 29.3. The molecule has 8 fully saturated rings.